The molecule has 2 heterocycles. The van der Waals surface area contributed by atoms with Gasteiger partial charge in [-0.1, -0.05) is 0 Å². The molecular weight excluding hydrogens is 168 g/mol. The van der Waals surface area contributed by atoms with E-state index in [2.05, 4.69) is 0 Å². The van der Waals surface area contributed by atoms with Crippen molar-refractivity contribution in [2.24, 2.45) is 0 Å². The SMILES string of the molecule is O=C1COc2cc3occc3cc21. The maximum Gasteiger partial charge on any atom is 0.203 e. The van der Waals surface area contributed by atoms with Gasteiger partial charge in [0.25, 0.3) is 0 Å². The third-order valence-corrected chi connectivity index (χ3v) is 2.21. The van der Waals surface area contributed by atoms with Gasteiger partial charge >= 0.3 is 0 Å². The van der Waals surface area contributed by atoms with Crippen LogP contribution < -0.4 is 4.74 Å². The van der Waals surface area contributed by atoms with Crippen molar-refractivity contribution in [3.05, 3.63) is 30.0 Å². The minimum absolute atomic E-state index is 0.0399. The van der Waals surface area contributed by atoms with E-state index in [-0.39, 0.29) is 12.4 Å². The third kappa shape index (κ3) is 0.811. The molecule has 1 aromatic heterocycles. The second-order valence-electron chi connectivity index (χ2n) is 3.02. The second kappa shape index (κ2) is 2.13. The maximum absolute atomic E-state index is 11.3. The number of carbonyl (C=O) groups excluding carboxylic acids is 1. The van der Waals surface area contributed by atoms with Gasteiger partial charge in [-0.2, -0.15) is 0 Å². The molecule has 1 aliphatic rings. The van der Waals surface area contributed by atoms with Crippen LogP contribution in [0, 0.1) is 0 Å². The number of hydrogen-bond donors (Lipinski definition) is 0. The van der Waals surface area contributed by atoms with Crippen LogP contribution in [-0.4, -0.2) is 12.4 Å². The lowest BCUT2D eigenvalue weighted by atomic mass is 10.1. The summed E-state index contributed by atoms with van der Waals surface area (Å²) in [6.07, 6.45) is 1.60. The molecule has 0 saturated heterocycles. The number of hydrogen-bond acceptors (Lipinski definition) is 3. The van der Waals surface area contributed by atoms with Crippen molar-refractivity contribution in [3.63, 3.8) is 0 Å². The van der Waals surface area contributed by atoms with Crippen LogP contribution in [-0.2, 0) is 0 Å². The molecule has 0 N–H and O–H groups in total. The van der Waals surface area contributed by atoms with Gasteiger partial charge in [-0.15, -0.1) is 0 Å². The number of fused-ring (bicyclic) bond motifs is 2. The lowest BCUT2D eigenvalue weighted by molar-refractivity contribution is 0.0961. The molecule has 0 spiro atoms. The minimum atomic E-state index is 0.0399. The van der Waals surface area contributed by atoms with Gasteiger partial charge in [0.1, 0.15) is 11.3 Å². The van der Waals surface area contributed by atoms with Crippen LogP contribution in [0.15, 0.2) is 28.9 Å². The van der Waals surface area contributed by atoms with Crippen molar-refractivity contribution in [1.29, 1.82) is 0 Å². The van der Waals surface area contributed by atoms with Crippen LogP contribution in [0.5, 0.6) is 5.75 Å². The summed E-state index contributed by atoms with van der Waals surface area (Å²) in [7, 11) is 0. The summed E-state index contributed by atoms with van der Waals surface area (Å²) >= 11 is 0. The molecule has 1 aliphatic heterocycles. The van der Waals surface area contributed by atoms with E-state index in [9.17, 15) is 4.79 Å². The van der Waals surface area contributed by atoms with Crippen LogP contribution in [0.3, 0.4) is 0 Å². The van der Waals surface area contributed by atoms with Crippen molar-refractivity contribution < 1.29 is 13.9 Å². The zero-order chi connectivity index (χ0) is 8.84. The van der Waals surface area contributed by atoms with Crippen LogP contribution in [0.1, 0.15) is 10.4 Å². The highest BCUT2D eigenvalue weighted by Gasteiger charge is 2.21. The highest BCUT2D eigenvalue weighted by Crippen LogP contribution is 2.30. The largest absolute Gasteiger partial charge is 0.485 e. The summed E-state index contributed by atoms with van der Waals surface area (Å²) < 4.78 is 10.4. The van der Waals surface area contributed by atoms with Crippen LogP contribution in [0.4, 0.5) is 0 Å². The third-order valence-electron chi connectivity index (χ3n) is 2.21. The van der Waals surface area contributed by atoms with Gasteiger partial charge in [-0.25, -0.2) is 0 Å². The highest BCUT2D eigenvalue weighted by molar-refractivity contribution is 6.05. The van der Waals surface area contributed by atoms with E-state index in [0.29, 0.717) is 11.3 Å². The molecule has 0 saturated carbocycles. The first kappa shape index (κ1) is 6.71. The zero-order valence-corrected chi connectivity index (χ0v) is 6.74. The molecule has 0 fully saturated rings. The smallest absolute Gasteiger partial charge is 0.203 e. The summed E-state index contributed by atoms with van der Waals surface area (Å²) in [4.78, 5) is 11.3. The maximum atomic E-state index is 11.3. The van der Waals surface area contributed by atoms with Gasteiger partial charge in [0.05, 0.1) is 11.8 Å². The lowest BCUT2D eigenvalue weighted by Crippen LogP contribution is -1.98. The van der Waals surface area contributed by atoms with E-state index < -0.39 is 0 Å². The number of Topliss-reactive ketones (excluding diaryl/α,β-unsaturated/α-hetero) is 1. The van der Waals surface area contributed by atoms with Crippen molar-refractivity contribution in [1.82, 2.24) is 0 Å². The fourth-order valence-corrected chi connectivity index (χ4v) is 1.55. The average Bonchev–Trinajstić information content (AvgIpc) is 2.70. The minimum Gasteiger partial charge on any atom is -0.485 e. The summed E-state index contributed by atoms with van der Waals surface area (Å²) in [5, 5.41) is 0.942. The molecule has 0 bridgehead atoms. The van der Waals surface area contributed by atoms with Crippen LogP contribution in [0.2, 0.25) is 0 Å². The predicted molar refractivity (Wildman–Crippen MR) is 46.0 cm³/mol. The molecule has 3 heteroatoms. The molecule has 1 aromatic carbocycles. The molecule has 64 valence electrons. The first-order valence-corrected chi connectivity index (χ1v) is 4.02. The number of rotatable bonds is 0. The summed E-state index contributed by atoms with van der Waals surface area (Å²) in [6.45, 7) is 0.155. The molecule has 3 nitrogen and oxygen atoms in total. The highest BCUT2D eigenvalue weighted by atomic mass is 16.5. The van der Waals surface area contributed by atoms with Gasteiger partial charge in [0.15, 0.2) is 6.61 Å². The van der Waals surface area contributed by atoms with E-state index in [0.717, 1.165) is 11.0 Å². The topological polar surface area (TPSA) is 39.4 Å². The van der Waals surface area contributed by atoms with E-state index in [1.54, 1.807) is 12.3 Å². The Morgan fingerprint density at radius 2 is 2.23 bits per heavy atom. The summed E-state index contributed by atoms with van der Waals surface area (Å²) in [6, 6.07) is 5.40. The Kier molecular flexibility index (Phi) is 1.10. The summed E-state index contributed by atoms with van der Waals surface area (Å²) in [5.74, 6) is 0.672. The monoisotopic (exact) mass is 174 g/mol. The first-order valence-electron chi connectivity index (χ1n) is 4.02. The molecule has 0 unspecified atom stereocenters. The van der Waals surface area contributed by atoms with Gasteiger partial charge < -0.3 is 9.15 Å². The Morgan fingerprint density at radius 3 is 3.15 bits per heavy atom. The number of furan rings is 1. The molecule has 0 amide bonds. The second-order valence-corrected chi connectivity index (χ2v) is 3.02. The first-order chi connectivity index (χ1) is 6.34. The number of carbonyl (C=O) groups is 1. The normalized spacial score (nSPS) is 14.6. The molecule has 2 aromatic rings. The Bertz CT molecular complexity index is 496. The number of benzene rings is 1. The fourth-order valence-electron chi connectivity index (χ4n) is 1.55. The lowest BCUT2D eigenvalue weighted by Gasteiger charge is -1.95. The van der Waals surface area contributed by atoms with Gasteiger partial charge in [-0.05, 0) is 12.1 Å². The standard InChI is InChI=1S/C10H6O3/c11-8-5-13-10-4-9-6(1-2-12-9)3-7(8)10/h1-4H,5H2. The van der Waals surface area contributed by atoms with E-state index in [1.165, 1.54) is 0 Å². The van der Waals surface area contributed by atoms with E-state index in [4.69, 9.17) is 9.15 Å². The Labute approximate surface area is 73.9 Å². The fraction of sp³-hybridized carbons (Fsp3) is 0.100. The van der Waals surface area contributed by atoms with Crippen molar-refractivity contribution in [2.45, 2.75) is 0 Å². The molecular formula is C10H6O3. The Balaban J connectivity index is 2.40. The average molecular weight is 174 g/mol. The van der Waals surface area contributed by atoms with Crippen molar-refractivity contribution in [2.75, 3.05) is 6.61 Å². The molecule has 0 aliphatic carbocycles. The van der Waals surface area contributed by atoms with Crippen LogP contribution >= 0.6 is 0 Å². The molecule has 0 radical (unpaired) electrons. The van der Waals surface area contributed by atoms with Gasteiger partial charge in [0.2, 0.25) is 5.78 Å². The summed E-state index contributed by atoms with van der Waals surface area (Å²) in [5.41, 5.74) is 1.42. The molecule has 3 rings (SSSR count). The predicted octanol–water partition coefficient (Wildman–Crippen LogP) is 2.01. The van der Waals surface area contributed by atoms with E-state index >= 15 is 0 Å². The molecule has 0 atom stereocenters. The Morgan fingerprint density at radius 1 is 1.31 bits per heavy atom. The van der Waals surface area contributed by atoms with Gasteiger partial charge in [-0.3, -0.25) is 4.79 Å². The molecule has 13 heavy (non-hydrogen) atoms. The van der Waals surface area contributed by atoms with Gasteiger partial charge in [0, 0.05) is 11.5 Å². The van der Waals surface area contributed by atoms with Crippen LogP contribution in [0.25, 0.3) is 11.0 Å². The number of ketones is 1. The quantitative estimate of drug-likeness (QED) is 0.613. The zero-order valence-electron chi connectivity index (χ0n) is 6.74. The van der Waals surface area contributed by atoms with Crippen molar-refractivity contribution in [3.8, 4) is 5.75 Å². The number of ether oxygens (including phenoxy) is 1. The van der Waals surface area contributed by atoms with Crippen molar-refractivity contribution >= 4 is 16.8 Å². The Hall–Kier alpha value is -1.77. The van der Waals surface area contributed by atoms with E-state index in [1.807, 2.05) is 12.1 Å².